The van der Waals surface area contributed by atoms with Crippen LogP contribution in [0.3, 0.4) is 0 Å². The highest BCUT2D eigenvalue weighted by Crippen LogP contribution is 2.43. The quantitative estimate of drug-likeness (QED) is 0.115. The minimum atomic E-state index is -3.32. The number of nitrogens with one attached hydrogen (secondary N) is 1. The van der Waals surface area contributed by atoms with Crippen LogP contribution in [-0.2, 0) is 45.5 Å². The van der Waals surface area contributed by atoms with Crippen molar-refractivity contribution in [3.05, 3.63) is 35.1 Å². The molecule has 23 heteroatoms. The van der Waals surface area contributed by atoms with E-state index in [1.54, 1.807) is 30.9 Å². The van der Waals surface area contributed by atoms with Crippen LogP contribution >= 0.6 is 11.3 Å². The number of rotatable bonds is 12. The summed E-state index contributed by atoms with van der Waals surface area (Å²) in [5.74, 6) is -4.53. The van der Waals surface area contributed by atoms with Gasteiger partial charge in [0.25, 0.3) is 11.4 Å². The third-order valence-corrected chi connectivity index (χ3v) is 14.1. The zero-order valence-electron chi connectivity index (χ0n) is 39.4. The van der Waals surface area contributed by atoms with Crippen LogP contribution in [0, 0.1) is 11.8 Å². The number of aromatic nitrogens is 6. The van der Waals surface area contributed by atoms with E-state index in [1.807, 2.05) is 39.8 Å². The van der Waals surface area contributed by atoms with Gasteiger partial charge in [0.2, 0.25) is 0 Å². The van der Waals surface area contributed by atoms with Crippen LogP contribution in [0.15, 0.2) is 29.5 Å². The summed E-state index contributed by atoms with van der Waals surface area (Å²) in [6.45, 7) is 12.0. The predicted octanol–water partition coefficient (Wildman–Crippen LogP) is 2.57. The van der Waals surface area contributed by atoms with Crippen LogP contribution in [0.4, 0.5) is 20.1 Å². The van der Waals surface area contributed by atoms with Gasteiger partial charge in [-0.2, -0.15) is 4.98 Å². The number of aliphatic hydroxyl groups excluding tert-OH is 1. The maximum Gasteiger partial charge on any atom is 0.412 e. The minimum absolute atomic E-state index is 0.112. The number of hydrogen-bond donors (Lipinski definition) is 4. The number of alkyl halides is 1. The summed E-state index contributed by atoms with van der Waals surface area (Å²) in [4.78, 5) is 69.4. The first-order valence-electron chi connectivity index (χ1n) is 22.4. The fraction of sp³-hybridized carbons (Fsp3) is 0.721. The predicted molar refractivity (Wildman–Crippen MR) is 240 cm³/mol. The maximum atomic E-state index is 17.4. The van der Waals surface area contributed by atoms with Gasteiger partial charge in [-0.15, -0.1) is 5.10 Å². The van der Waals surface area contributed by atoms with E-state index >= 15 is 4.39 Å². The molecule has 3 aliphatic heterocycles. The van der Waals surface area contributed by atoms with E-state index < -0.39 is 83.1 Å². The van der Waals surface area contributed by atoms with Gasteiger partial charge in [0.05, 0.1) is 28.9 Å². The molecule has 3 aliphatic rings. The van der Waals surface area contributed by atoms with E-state index in [1.165, 1.54) is 42.5 Å². The fourth-order valence-electron chi connectivity index (χ4n) is 9.76. The van der Waals surface area contributed by atoms with E-state index in [9.17, 15) is 24.3 Å². The van der Waals surface area contributed by atoms with Gasteiger partial charge in [0.15, 0.2) is 23.3 Å². The zero-order chi connectivity index (χ0) is 48.5. The fourth-order valence-corrected chi connectivity index (χ4v) is 10.4. The zero-order valence-corrected chi connectivity index (χ0v) is 40.2. The SMILES string of the molecule is CC[C@H]1OC(=O)[C@@](C)(F)C(=O)[C@H](C)[C@@H](O[C@@H]2O[C@H](C)CC(N(C)C)C2O)[C@](C)(OC)C[C@@H](C)CN[C@H](C)[C@H]2N(CCCCn3cc(-c4cnc(N)s4)nn3)C(=O)O[C@]12n1ccc(N)nc1=O. The number of anilines is 2. The highest BCUT2D eigenvalue weighted by molar-refractivity contribution is 7.18. The van der Waals surface area contributed by atoms with Crippen molar-refractivity contribution in [3.8, 4) is 10.6 Å². The summed E-state index contributed by atoms with van der Waals surface area (Å²) in [7, 11) is 5.11. The molecule has 6 rings (SSSR count). The molecule has 366 valence electrons. The number of cyclic esters (lactones) is 1. The number of aryl methyl sites for hydroxylation is 1. The number of fused-ring (bicyclic) bond motifs is 1. The van der Waals surface area contributed by atoms with Gasteiger partial charge >= 0.3 is 17.8 Å². The molecule has 3 aromatic rings. The number of carbonyl (C=O) groups excluding carboxylic acids is 3. The Hall–Kier alpha value is -4.65. The molecule has 13 atom stereocenters. The van der Waals surface area contributed by atoms with Gasteiger partial charge in [-0.25, -0.2) is 23.8 Å². The van der Waals surface area contributed by atoms with Gasteiger partial charge in [-0.05, 0) is 92.4 Å². The van der Waals surface area contributed by atoms with Gasteiger partial charge in [-0.3, -0.25) is 18.9 Å². The first kappa shape index (κ1) is 50.8. The third-order valence-electron chi connectivity index (χ3n) is 13.2. The van der Waals surface area contributed by atoms with Gasteiger partial charge in [-0.1, -0.05) is 37.3 Å². The van der Waals surface area contributed by atoms with Crippen LogP contribution in [0.1, 0.15) is 80.6 Å². The topological polar surface area (TPSA) is 267 Å². The molecule has 0 bridgehead atoms. The molecule has 6 heterocycles. The number of nitrogens with two attached hydrogens (primary N) is 2. The lowest BCUT2D eigenvalue weighted by molar-refractivity contribution is -0.295. The second kappa shape index (κ2) is 20.3. The summed E-state index contributed by atoms with van der Waals surface area (Å²) in [6, 6.07) is -0.829. The molecule has 21 nitrogen and oxygen atoms in total. The van der Waals surface area contributed by atoms with Crippen LogP contribution in [0.25, 0.3) is 10.6 Å². The molecule has 2 unspecified atom stereocenters. The number of carbonyl (C=O) groups is 3. The molecule has 0 aliphatic carbocycles. The number of esters is 1. The van der Waals surface area contributed by atoms with Crippen LogP contribution in [-0.4, -0.2) is 157 Å². The van der Waals surface area contributed by atoms with E-state index in [4.69, 9.17) is 35.2 Å². The molecular weight excluding hydrogens is 882 g/mol. The molecule has 66 heavy (non-hydrogen) atoms. The Labute approximate surface area is 387 Å². The second-order valence-electron chi connectivity index (χ2n) is 18.5. The van der Waals surface area contributed by atoms with Crippen LogP contribution < -0.4 is 22.5 Å². The van der Waals surface area contributed by atoms with E-state index in [0.717, 1.165) is 16.4 Å². The molecule has 3 saturated heterocycles. The number of unbranched alkanes of at least 4 members (excludes halogenated alkanes) is 1. The number of aliphatic hydroxyl groups is 1. The summed E-state index contributed by atoms with van der Waals surface area (Å²) < 4.78 is 51.3. The number of ether oxygens (including phenoxy) is 5. The normalized spacial score (nSPS) is 35.0. The number of Topliss-reactive ketones (excluding diaryl/α,β-unsaturated/α-hetero) is 1. The molecule has 0 radical (unpaired) electrons. The van der Waals surface area contributed by atoms with Crippen molar-refractivity contribution < 1.29 is 47.6 Å². The standard InChI is InChI=1S/C43H66FN11O10S/c1-11-30-43(55-17-14-31(45)49-39(55)59)33(54(40(60)65-43)16-13-12-15-53-22-27(50-51-53)29-21-48-38(46)66-29)26(5)47-20-23(2)19-41(6,61-10)35(25(4)34(57)42(7,44)37(58)63-30)64-36-32(56)28(52(8)9)18-24(3)62-36/h14,17,21-26,28,30,32-33,35-36,47,56H,11-13,15-16,18-20H2,1-10H3,(H2,46,48)(H2,45,49,59)/t23-,24-,25+,26-,28?,30-,32?,33-,35-,36+,41-,42+,43-/m1/s1. The van der Waals surface area contributed by atoms with Crippen molar-refractivity contribution in [2.45, 2.75) is 153 Å². The number of ketones is 1. The number of thiazole rings is 1. The smallest absolute Gasteiger partial charge is 0.412 e. The summed E-state index contributed by atoms with van der Waals surface area (Å²) in [5.41, 5.74) is 4.63. The van der Waals surface area contributed by atoms with E-state index in [-0.39, 0.29) is 43.3 Å². The molecular formula is C43H66FN11O10S. The Morgan fingerprint density at radius 2 is 1.82 bits per heavy atom. The number of methoxy groups -OCH3 is 1. The second-order valence-corrected chi connectivity index (χ2v) is 19.6. The van der Waals surface area contributed by atoms with Crippen molar-refractivity contribution in [2.75, 3.05) is 45.8 Å². The van der Waals surface area contributed by atoms with Crippen LogP contribution in [0.5, 0.6) is 0 Å². The lowest BCUT2D eigenvalue weighted by Crippen LogP contribution is -2.65. The number of halogens is 1. The number of hydrogen-bond acceptors (Lipinski definition) is 19. The Kier molecular flexibility index (Phi) is 15.6. The van der Waals surface area contributed by atoms with E-state index in [2.05, 4.69) is 25.6 Å². The molecule has 6 N–H and O–H groups in total. The highest BCUT2D eigenvalue weighted by atomic mass is 32.1. The van der Waals surface area contributed by atoms with Gasteiger partial charge < -0.3 is 50.5 Å². The first-order chi connectivity index (χ1) is 31.1. The summed E-state index contributed by atoms with van der Waals surface area (Å²) in [5, 5.41) is 23.9. The molecule has 3 fully saturated rings. The van der Waals surface area contributed by atoms with Gasteiger partial charge in [0, 0.05) is 50.6 Å². The number of nitrogens with zero attached hydrogens (tertiary/aromatic N) is 8. The van der Waals surface area contributed by atoms with E-state index in [0.29, 0.717) is 43.2 Å². The monoisotopic (exact) mass is 947 g/mol. The Morgan fingerprint density at radius 1 is 1.11 bits per heavy atom. The highest BCUT2D eigenvalue weighted by Gasteiger charge is 2.64. The molecule has 0 saturated carbocycles. The lowest BCUT2D eigenvalue weighted by Gasteiger charge is -2.47. The number of likely N-dealkylation sites (N-methyl/N-ethyl adjacent to an activating group) is 1. The Bertz CT molecular complexity index is 2240. The first-order valence-corrected chi connectivity index (χ1v) is 23.2. The van der Waals surface area contributed by atoms with Crippen molar-refractivity contribution in [1.82, 2.24) is 44.6 Å². The van der Waals surface area contributed by atoms with Crippen LogP contribution in [0.2, 0.25) is 0 Å². The molecule has 0 aromatic carbocycles. The third kappa shape index (κ3) is 10.1. The minimum Gasteiger partial charge on any atom is -0.453 e. The molecule has 3 aromatic heterocycles. The Morgan fingerprint density at radius 3 is 2.45 bits per heavy atom. The summed E-state index contributed by atoms with van der Waals surface area (Å²) in [6.07, 6.45) is -0.103. The molecule has 0 spiro atoms. The average Bonchev–Trinajstić information content (AvgIpc) is 3.99. The number of nitrogen functional groups attached to an aromatic ring is 2. The van der Waals surface area contributed by atoms with Crippen molar-refractivity contribution >= 4 is 40.1 Å². The van der Waals surface area contributed by atoms with Gasteiger partial charge in [0.1, 0.15) is 23.7 Å². The lowest BCUT2D eigenvalue weighted by atomic mass is 9.78. The number of amides is 1. The Balaban J connectivity index is 1.38. The largest absolute Gasteiger partial charge is 0.453 e. The average molecular weight is 948 g/mol. The maximum absolute atomic E-state index is 17.4. The summed E-state index contributed by atoms with van der Waals surface area (Å²) >= 11 is 1.29. The van der Waals surface area contributed by atoms with Crippen molar-refractivity contribution in [3.63, 3.8) is 0 Å². The van der Waals surface area contributed by atoms with Crippen molar-refractivity contribution in [1.29, 1.82) is 0 Å². The van der Waals surface area contributed by atoms with Crippen molar-refractivity contribution in [2.24, 2.45) is 11.8 Å². The molecule has 1 amide bonds.